The van der Waals surface area contributed by atoms with Gasteiger partial charge in [0.2, 0.25) is 0 Å². The Morgan fingerprint density at radius 1 is 1.11 bits per heavy atom. The van der Waals surface area contributed by atoms with Crippen molar-refractivity contribution in [2.75, 3.05) is 12.0 Å². The summed E-state index contributed by atoms with van der Waals surface area (Å²) in [6.07, 6.45) is 3.81. The van der Waals surface area contributed by atoms with Crippen molar-refractivity contribution in [1.29, 1.82) is 10.5 Å². The zero-order valence-electron chi connectivity index (χ0n) is 15.7. The van der Waals surface area contributed by atoms with Crippen molar-refractivity contribution in [2.45, 2.75) is 24.9 Å². The fraction of sp³-hybridized carbons (Fsp3) is 0.261. The van der Waals surface area contributed by atoms with E-state index < -0.39 is 23.4 Å². The molecule has 0 radical (unpaired) electrons. The van der Waals surface area contributed by atoms with Crippen molar-refractivity contribution >= 4 is 17.5 Å². The van der Waals surface area contributed by atoms with Crippen molar-refractivity contribution in [1.82, 2.24) is 0 Å². The van der Waals surface area contributed by atoms with Gasteiger partial charge in [0.25, 0.3) is 0 Å². The van der Waals surface area contributed by atoms with Crippen LogP contribution in [-0.2, 0) is 4.79 Å². The molecule has 4 rings (SSSR count). The van der Waals surface area contributed by atoms with Gasteiger partial charge in [0.05, 0.1) is 31.3 Å². The van der Waals surface area contributed by atoms with Crippen molar-refractivity contribution in [3.63, 3.8) is 0 Å². The number of hydrogen-bond donors (Lipinski definition) is 0. The zero-order chi connectivity index (χ0) is 19.9. The second kappa shape index (κ2) is 6.55. The van der Waals surface area contributed by atoms with Crippen LogP contribution in [0, 0.1) is 28.1 Å². The number of carbonyl (C=O) groups is 1. The molecule has 3 unspecified atom stereocenters. The van der Waals surface area contributed by atoms with Gasteiger partial charge in [0.15, 0.2) is 11.2 Å². The molecule has 1 saturated heterocycles. The number of nitrogens with zero attached hydrogens (tertiary/aromatic N) is 3. The van der Waals surface area contributed by atoms with Gasteiger partial charge >= 0.3 is 0 Å². The first-order chi connectivity index (χ1) is 13.6. The molecule has 28 heavy (non-hydrogen) atoms. The molecule has 0 saturated carbocycles. The molecule has 0 aliphatic carbocycles. The Morgan fingerprint density at radius 2 is 1.79 bits per heavy atom. The van der Waals surface area contributed by atoms with E-state index in [-0.39, 0.29) is 5.78 Å². The minimum absolute atomic E-state index is 0.0848. The third kappa shape index (κ3) is 2.27. The summed E-state index contributed by atoms with van der Waals surface area (Å²) in [5.41, 5.74) is 1.11. The fourth-order valence-electron chi connectivity index (χ4n) is 4.65. The number of nitriles is 2. The van der Waals surface area contributed by atoms with E-state index in [0.29, 0.717) is 11.3 Å². The highest BCUT2D eigenvalue weighted by Crippen LogP contribution is 2.56. The number of fused-ring (bicyclic) bond motifs is 3. The Labute approximate surface area is 164 Å². The number of rotatable bonds is 3. The average molecular weight is 369 g/mol. The zero-order valence-corrected chi connectivity index (χ0v) is 15.7. The molecule has 2 heterocycles. The minimum Gasteiger partial charge on any atom is -0.496 e. The minimum atomic E-state index is -1.42. The van der Waals surface area contributed by atoms with Gasteiger partial charge in [-0.1, -0.05) is 48.6 Å². The summed E-state index contributed by atoms with van der Waals surface area (Å²) < 4.78 is 5.52. The van der Waals surface area contributed by atoms with Gasteiger partial charge in [-0.2, -0.15) is 10.5 Å². The van der Waals surface area contributed by atoms with Crippen LogP contribution in [-0.4, -0.2) is 25.0 Å². The number of methoxy groups -OCH3 is 1. The fourth-order valence-corrected chi connectivity index (χ4v) is 4.65. The summed E-state index contributed by atoms with van der Waals surface area (Å²) in [4.78, 5) is 14.8. The molecule has 2 aromatic carbocycles. The van der Waals surface area contributed by atoms with Crippen molar-refractivity contribution in [3.05, 3.63) is 65.7 Å². The lowest BCUT2D eigenvalue weighted by Gasteiger charge is -2.35. The molecular weight excluding hydrogens is 350 g/mol. The Balaban J connectivity index is 2.03. The molecule has 2 aliphatic rings. The van der Waals surface area contributed by atoms with Crippen LogP contribution in [0.3, 0.4) is 0 Å². The molecule has 5 heteroatoms. The predicted molar refractivity (Wildman–Crippen MR) is 106 cm³/mol. The van der Waals surface area contributed by atoms with E-state index >= 15 is 0 Å². The van der Waals surface area contributed by atoms with Crippen LogP contribution in [0.1, 0.15) is 24.0 Å². The predicted octanol–water partition coefficient (Wildman–Crippen LogP) is 3.69. The molecule has 5 nitrogen and oxygen atoms in total. The van der Waals surface area contributed by atoms with E-state index in [4.69, 9.17) is 4.74 Å². The summed E-state index contributed by atoms with van der Waals surface area (Å²) in [7, 11) is 1.56. The molecule has 138 valence electrons. The number of benzene rings is 2. The van der Waals surface area contributed by atoms with E-state index in [1.165, 1.54) is 6.92 Å². The number of hydrogen-bond acceptors (Lipinski definition) is 5. The van der Waals surface area contributed by atoms with E-state index in [2.05, 4.69) is 12.1 Å². The van der Waals surface area contributed by atoms with Gasteiger partial charge in [-0.15, -0.1) is 0 Å². The highest BCUT2D eigenvalue weighted by Gasteiger charge is 2.63. The summed E-state index contributed by atoms with van der Waals surface area (Å²) in [6, 6.07) is 18.5. The van der Waals surface area contributed by atoms with Crippen molar-refractivity contribution in [3.8, 4) is 17.9 Å². The SMILES string of the molecule is COc1ccccc1C1C(C(C)=O)N2c3ccccc3C=CC2C1(C#N)C#N. The Kier molecular flexibility index (Phi) is 4.17. The lowest BCUT2D eigenvalue weighted by molar-refractivity contribution is -0.118. The third-order valence-electron chi connectivity index (χ3n) is 5.81. The topological polar surface area (TPSA) is 77.1 Å². The van der Waals surface area contributed by atoms with Gasteiger partial charge in [-0.05, 0) is 24.6 Å². The van der Waals surface area contributed by atoms with Crippen LogP contribution in [0.2, 0.25) is 0 Å². The van der Waals surface area contributed by atoms with Gasteiger partial charge in [-0.3, -0.25) is 4.79 Å². The summed E-state index contributed by atoms with van der Waals surface area (Å²) in [5, 5.41) is 20.4. The maximum absolute atomic E-state index is 12.9. The number of anilines is 1. The van der Waals surface area contributed by atoms with Crippen LogP contribution in [0.25, 0.3) is 6.08 Å². The molecule has 0 N–H and O–H groups in total. The first-order valence-electron chi connectivity index (χ1n) is 9.10. The number of carbonyl (C=O) groups excluding carboxylic acids is 1. The summed E-state index contributed by atoms with van der Waals surface area (Å²) in [5.74, 6) is -0.152. The first-order valence-corrected chi connectivity index (χ1v) is 9.10. The Hall–Kier alpha value is -3.57. The number of Topliss-reactive ketones (excluding diaryl/α,β-unsaturated/α-hetero) is 1. The number of ether oxygens (including phenoxy) is 1. The van der Waals surface area contributed by atoms with Gasteiger partial charge in [-0.25, -0.2) is 0 Å². The quantitative estimate of drug-likeness (QED) is 0.825. The Morgan fingerprint density at radius 3 is 2.46 bits per heavy atom. The van der Waals surface area contributed by atoms with E-state index in [1.54, 1.807) is 13.2 Å². The van der Waals surface area contributed by atoms with Gasteiger partial charge in [0.1, 0.15) is 5.75 Å². The van der Waals surface area contributed by atoms with Crippen LogP contribution >= 0.6 is 0 Å². The molecule has 2 aromatic rings. The highest BCUT2D eigenvalue weighted by atomic mass is 16.5. The van der Waals surface area contributed by atoms with Crippen LogP contribution in [0.5, 0.6) is 5.75 Å². The van der Waals surface area contributed by atoms with Crippen molar-refractivity contribution in [2.24, 2.45) is 5.41 Å². The second-order valence-electron chi connectivity index (χ2n) is 7.14. The normalized spacial score (nSPS) is 23.9. The number of para-hydroxylation sites is 2. The third-order valence-corrected chi connectivity index (χ3v) is 5.81. The largest absolute Gasteiger partial charge is 0.496 e. The molecule has 2 aliphatic heterocycles. The second-order valence-corrected chi connectivity index (χ2v) is 7.14. The van der Waals surface area contributed by atoms with Crippen molar-refractivity contribution < 1.29 is 9.53 Å². The average Bonchev–Trinajstić information content (AvgIpc) is 3.04. The molecule has 3 atom stereocenters. The molecule has 0 bridgehead atoms. The summed E-state index contributed by atoms with van der Waals surface area (Å²) >= 11 is 0. The summed E-state index contributed by atoms with van der Waals surface area (Å²) in [6.45, 7) is 1.52. The van der Waals surface area contributed by atoms with E-state index in [0.717, 1.165) is 11.3 Å². The van der Waals surface area contributed by atoms with Crippen LogP contribution in [0.15, 0.2) is 54.6 Å². The van der Waals surface area contributed by atoms with Crippen LogP contribution < -0.4 is 9.64 Å². The lowest BCUT2D eigenvalue weighted by atomic mass is 9.69. The smallest absolute Gasteiger partial charge is 0.176 e. The maximum atomic E-state index is 12.9. The molecule has 1 fully saturated rings. The molecule has 0 aromatic heterocycles. The standard InChI is InChI=1S/C23H19N3O2/c1-15(27)22-21(17-8-4-6-10-19(17)28-2)23(13-24,14-25)20-12-11-16-7-3-5-9-18(16)26(20)22/h3-12,20-22H,1-2H3. The molecular formula is C23H19N3O2. The lowest BCUT2D eigenvalue weighted by Crippen LogP contribution is -2.43. The highest BCUT2D eigenvalue weighted by molar-refractivity contribution is 5.91. The van der Waals surface area contributed by atoms with E-state index in [9.17, 15) is 15.3 Å². The Bertz CT molecular complexity index is 1050. The van der Waals surface area contributed by atoms with Gasteiger partial charge in [0, 0.05) is 17.2 Å². The maximum Gasteiger partial charge on any atom is 0.176 e. The van der Waals surface area contributed by atoms with Crippen LogP contribution in [0.4, 0.5) is 5.69 Å². The molecule has 0 amide bonds. The first kappa shape index (κ1) is 17.8. The molecule has 0 spiro atoms. The monoisotopic (exact) mass is 369 g/mol. The van der Waals surface area contributed by atoms with Gasteiger partial charge < -0.3 is 9.64 Å². The number of ketones is 1. The van der Waals surface area contributed by atoms with E-state index in [1.807, 2.05) is 59.5 Å².